The van der Waals surface area contributed by atoms with E-state index < -0.39 is 0 Å². The zero-order valence-electron chi connectivity index (χ0n) is 14.3. The van der Waals surface area contributed by atoms with Gasteiger partial charge in [0.05, 0.1) is 5.39 Å². The Morgan fingerprint density at radius 2 is 2.17 bits per heavy atom. The maximum Gasteiger partial charge on any atom is 0.138 e. The number of anilines is 1. The van der Waals surface area contributed by atoms with Crippen LogP contribution in [-0.4, -0.2) is 31.3 Å². The van der Waals surface area contributed by atoms with Gasteiger partial charge in [0, 0.05) is 30.8 Å². The zero-order chi connectivity index (χ0) is 16.7. The molecule has 1 aliphatic rings. The summed E-state index contributed by atoms with van der Waals surface area (Å²) in [5, 5.41) is 13.4. The van der Waals surface area contributed by atoms with Gasteiger partial charge < -0.3 is 9.88 Å². The quantitative estimate of drug-likeness (QED) is 0.789. The number of fused-ring (bicyclic) bond motifs is 2. The van der Waals surface area contributed by atoms with Gasteiger partial charge in [0.1, 0.15) is 28.6 Å². The summed E-state index contributed by atoms with van der Waals surface area (Å²) in [4.78, 5) is 11.3. The molecule has 126 valence electrons. The van der Waals surface area contributed by atoms with Crippen molar-refractivity contribution in [2.75, 3.05) is 11.9 Å². The third-order valence-electron chi connectivity index (χ3n) is 4.96. The van der Waals surface area contributed by atoms with Gasteiger partial charge >= 0.3 is 0 Å². The number of nitrogens with zero attached hydrogens (tertiary/aromatic N) is 5. The van der Waals surface area contributed by atoms with E-state index in [1.165, 1.54) is 15.8 Å². The van der Waals surface area contributed by atoms with Gasteiger partial charge in [0.15, 0.2) is 0 Å². The third kappa shape index (κ3) is 2.56. The average molecular weight is 342 g/mol. The lowest BCUT2D eigenvalue weighted by Gasteiger charge is -2.24. The van der Waals surface area contributed by atoms with Crippen molar-refractivity contribution in [1.82, 2.24) is 24.7 Å². The molecule has 4 rings (SSSR count). The van der Waals surface area contributed by atoms with Crippen LogP contribution in [0.1, 0.15) is 35.4 Å². The van der Waals surface area contributed by atoms with Crippen molar-refractivity contribution in [2.45, 2.75) is 46.6 Å². The van der Waals surface area contributed by atoms with E-state index in [9.17, 15) is 0 Å². The number of hydrogen-bond acceptors (Lipinski definition) is 6. The van der Waals surface area contributed by atoms with E-state index in [4.69, 9.17) is 0 Å². The summed E-state index contributed by atoms with van der Waals surface area (Å²) in [6.45, 7) is 8.35. The second kappa shape index (κ2) is 6.12. The molecule has 0 aromatic carbocycles. The van der Waals surface area contributed by atoms with E-state index in [0.29, 0.717) is 5.92 Å². The van der Waals surface area contributed by atoms with Gasteiger partial charge in [0.2, 0.25) is 0 Å². The fraction of sp³-hybridized carbons (Fsp3) is 0.529. The van der Waals surface area contributed by atoms with Gasteiger partial charge in [-0.25, -0.2) is 9.97 Å². The van der Waals surface area contributed by atoms with E-state index in [0.717, 1.165) is 54.6 Å². The number of aromatic nitrogens is 5. The average Bonchev–Trinajstić information content (AvgIpc) is 3.14. The van der Waals surface area contributed by atoms with E-state index in [-0.39, 0.29) is 0 Å². The molecule has 1 N–H and O–H groups in total. The van der Waals surface area contributed by atoms with Crippen molar-refractivity contribution in [3.63, 3.8) is 0 Å². The lowest BCUT2D eigenvalue weighted by atomic mass is 9.99. The zero-order valence-corrected chi connectivity index (χ0v) is 15.2. The minimum absolute atomic E-state index is 0.573. The monoisotopic (exact) mass is 342 g/mol. The Morgan fingerprint density at radius 3 is 3.00 bits per heavy atom. The van der Waals surface area contributed by atoms with Crippen molar-refractivity contribution in [3.8, 4) is 0 Å². The molecule has 0 saturated heterocycles. The van der Waals surface area contributed by atoms with Crippen LogP contribution in [-0.2, 0) is 19.4 Å². The van der Waals surface area contributed by atoms with Gasteiger partial charge in [-0.1, -0.05) is 6.92 Å². The molecule has 4 heterocycles. The van der Waals surface area contributed by atoms with E-state index >= 15 is 0 Å². The van der Waals surface area contributed by atoms with Crippen LogP contribution in [0.15, 0.2) is 6.33 Å². The third-order valence-corrected chi connectivity index (χ3v) is 6.08. The van der Waals surface area contributed by atoms with Crippen molar-refractivity contribution in [3.05, 3.63) is 28.4 Å². The largest absolute Gasteiger partial charge is 0.369 e. The molecular weight excluding hydrogens is 320 g/mol. The first-order chi connectivity index (χ1) is 11.7. The minimum atomic E-state index is 0.573. The molecule has 0 saturated carbocycles. The molecular formula is C17H22N6S. The highest BCUT2D eigenvalue weighted by Gasteiger charge is 2.22. The summed E-state index contributed by atoms with van der Waals surface area (Å²) >= 11 is 1.74. The molecule has 0 aliphatic carbocycles. The van der Waals surface area contributed by atoms with Crippen LogP contribution in [0, 0.1) is 19.8 Å². The Bertz CT molecular complexity index is 867. The summed E-state index contributed by atoms with van der Waals surface area (Å²) in [5.41, 5.74) is 1.29. The van der Waals surface area contributed by atoms with E-state index in [2.05, 4.69) is 50.8 Å². The number of nitrogens with one attached hydrogen (secondary N) is 1. The van der Waals surface area contributed by atoms with Crippen LogP contribution in [0.25, 0.3) is 10.2 Å². The second-order valence-electron chi connectivity index (χ2n) is 6.47. The molecule has 0 radical (unpaired) electrons. The predicted octanol–water partition coefficient (Wildman–Crippen LogP) is 3.14. The van der Waals surface area contributed by atoms with Crippen molar-refractivity contribution < 1.29 is 0 Å². The molecule has 1 aliphatic heterocycles. The smallest absolute Gasteiger partial charge is 0.138 e. The van der Waals surface area contributed by atoms with Crippen LogP contribution in [0.5, 0.6) is 0 Å². The molecule has 0 fully saturated rings. The molecule has 3 aromatic heterocycles. The van der Waals surface area contributed by atoms with Crippen molar-refractivity contribution in [1.29, 1.82) is 0 Å². The van der Waals surface area contributed by atoms with Crippen LogP contribution < -0.4 is 5.32 Å². The molecule has 24 heavy (non-hydrogen) atoms. The maximum atomic E-state index is 4.49. The lowest BCUT2D eigenvalue weighted by molar-refractivity contribution is 0.374. The maximum absolute atomic E-state index is 4.49. The van der Waals surface area contributed by atoms with Gasteiger partial charge in [-0.15, -0.1) is 21.5 Å². The second-order valence-corrected chi connectivity index (χ2v) is 7.67. The molecule has 6 nitrogen and oxygen atoms in total. The molecule has 0 bridgehead atoms. The van der Waals surface area contributed by atoms with Crippen LogP contribution in [0.3, 0.4) is 0 Å². The van der Waals surface area contributed by atoms with Gasteiger partial charge in [-0.3, -0.25) is 0 Å². The van der Waals surface area contributed by atoms with E-state index in [1.54, 1.807) is 17.7 Å². The SMILES string of the molecule is CCc1nnc2n1CC(CNc1ncnc3sc(C)c(C)c13)CC2. The van der Waals surface area contributed by atoms with Crippen molar-refractivity contribution >= 4 is 27.4 Å². The van der Waals surface area contributed by atoms with Gasteiger partial charge in [-0.05, 0) is 31.7 Å². The summed E-state index contributed by atoms with van der Waals surface area (Å²) in [6.07, 6.45) is 4.75. The summed E-state index contributed by atoms with van der Waals surface area (Å²) in [7, 11) is 0. The molecule has 1 unspecified atom stereocenters. The first-order valence-electron chi connectivity index (χ1n) is 8.53. The fourth-order valence-corrected chi connectivity index (χ4v) is 4.43. The first-order valence-corrected chi connectivity index (χ1v) is 9.34. The standard InChI is InChI=1S/C17H22N6S/c1-4-13-21-22-14-6-5-12(8-23(13)14)7-18-16-15-10(2)11(3)24-17(15)20-9-19-16/h9,12H,4-8H2,1-3H3,(H,18,19,20). The molecule has 0 amide bonds. The number of rotatable bonds is 4. The predicted molar refractivity (Wildman–Crippen MR) is 96.6 cm³/mol. The number of hydrogen-bond donors (Lipinski definition) is 1. The lowest BCUT2D eigenvalue weighted by Crippen LogP contribution is -2.27. The highest BCUT2D eigenvalue weighted by Crippen LogP contribution is 2.32. The summed E-state index contributed by atoms with van der Waals surface area (Å²) in [5.74, 6) is 3.77. The van der Waals surface area contributed by atoms with E-state index in [1.807, 2.05) is 0 Å². The Labute approximate surface area is 145 Å². The summed E-state index contributed by atoms with van der Waals surface area (Å²) < 4.78 is 2.30. The number of thiophene rings is 1. The highest BCUT2D eigenvalue weighted by molar-refractivity contribution is 7.18. The topological polar surface area (TPSA) is 68.5 Å². The molecule has 3 aromatic rings. The van der Waals surface area contributed by atoms with Crippen molar-refractivity contribution in [2.24, 2.45) is 5.92 Å². The molecule has 1 atom stereocenters. The number of aryl methyl sites for hydroxylation is 4. The normalized spacial score (nSPS) is 17.2. The summed E-state index contributed by atoms with van der Waals surface area (Å²) in [6, 6.07) is 0. The Hall–Kier alpha value is -2.02. The molecule has 0 spiro atoms. The fourth-order valence-electron chi connectivity index (χ4n) is 3.44. The van der Waals surface area contributed by atoms with Crippen LogP contribution >= 0.6 is 11.3 Å². The molecule has 7 heteroatoms. The van der Waals surface area contributed by atoms with Crippen LogP contribution in [0.4, 0.5) is 5.82 Å². The Kier molecular flexibility index (Phi) is 3.96. The van der Waals surface area contributed by atoms with Crippen LogP contribution in [0.2, 0.25) is 0 Å². The Balaban J connectivity index is 1.52. The van der Waals surface area contributed by atoms with Gasteiger partial charge in [-0.2, -0.15) is 0 Å². The highest BCUT2D eigenvalue weighted by atomic mass is 32.1. The Morgan fingerprint density at radius 1 is 1.29 bits per heavy atom. The minimum Gasteiger partial charge on any atom is -0.369 e. The van der Waals surface area contributed by atoms with Gasteiger partial charge in [0.25, 0.3) is 0 Å². The first kappa shape index (κ1) is 15.5.